The van der Waals surface area contributed by atoms with Gasteiger partial charge in [0.05, 0.1) is 0 Å². The molecule has 1 aromatic rings. The molecular formula is C14H20FNO. The SMILES string of the molecule is CC(C)(C)CNCC1Cc2cc(F)ccc2O1. The predicted molar refractivity (Wildman–Crippen MR) is 66.8 cm³/mol. The first-order valence-electron chi connectivity index (χ1n) is 6.10. The Morgan fingerprint density at radius 3 is 2.88 bits per heavy atom. The summed E-state index contributed by atoms with van der Waals surface area (Å²) < 4.78 is 18.8. The molecule has 1 aliphatic heterocycles. The Kier molecular flexibility index (Phi) is 3.38. The Bertz CT molecular complexity index is 398. The average molecular weight is 237 g/mol. The topological polar surface area (TPSA) is 21.3 Å². The molecule has 1 N–H and O–H groups in total. The molecule has 17 heavy (non-hydrogen) atoms. The minimum Gasteiger partial charge on any atom is -0.488 e. The molecule has 0 fully saturated rings. The maximum absolute atomic E-state index is 13.0. The van der Waals surface area contributed by atoms with E-state index in [4.69, 9.17) is 4.74 Å². The maximum atomic E-state index is 13.0. The van der Waals surface area contributed by atoms with Gasteiger partial charge in [-0.15, -0.1) is 0 Å². The molecule has 2 nitrogen and oxygen atoms in total. The highest BCUT2D eigenvalue weighted by atomic mass is 19.1. The van der Waals surface area contributed by atoms with E-state index >= 15 is 0 Å². The number of nitrogens with one attached hydrogen (secondary N) is 1. The van der Waals surface area contributed by atoms with Crippen LogP contribution in [0.25, 0.3) is 0 Å². The molecule has 1 atom stereocenters. The first-order valence-corrected chi connectivity index (χ1v) is 6.10. The van der Waals surface area contributed by atoms with Gasteiger partial charge in [0, 0.05) is 25.1 Å². The fraction of sp³-hybridized carbons (Fsp3) is 0.571. The van der Waals surface area contributed by atoms with Crippen molar-refractivity contribution in [2.24, 2.45) is 5.41 Å². The summed E-state index contributed by atoms with van der Waals surface area (Å²) in [5.41, 5.74) is 1.25. The van der Waals surface area contributed by atoms with Crippen LogP contribution in [-0.2, 0) is 6.42 Å². The van der Waals surface area contributed by atoms with Gasteiger partial charge >= 0.3 is 0 Å². The van der Waals surface area contributed by atoms with E-state index in [0.29, 0.717) is 0 Å². The summed E-state index contributed by atoms with van der Waals surface area (Å²) in [7, 11) is 0. The molecule has 0 radical (unpaired) electrons. The molecule has 1 unspecified atom stereocenters. The van der Waals surface area contributed by atoms with Crippen LogP contribution in [0.2, 0.25) is 0 Å². The van der Waals surface area contributed by atoms with Crippen LogP contribution in [0.5, 0.6) is 5.75 Å². The van der Waals surface area contributed by atoms with Crippen LogP contribution in [0, 0.1) is 11.2 Å². The van der Waals surface area contributed by atoms with E-state index in [1.54, 1.807) is 12.1 Å². The number of rotatable bonds is 3. The molecule has 3 heteroatoms. The third kappa shape index (κ3) is 3.43. The standard InChI is InChI=1S/C14H20FNO/c1-14(2,3)9-16-8-12-7-10-6-11(15)4-5-13(10)17-12/h4-6,12,16H,7-9H2,1-3H3. The smallest absolute Gasteiger partial charge is 0.123 e. The van der Waals surface area contributed by atoms with Gasteiger partial charge in [0.25, 0.3) is 0 Å². The molecule has 0 saturated carbocycles. The van der Waals surface area contributed by atoms with Gasteiger partial charge in [-0.3, -0.25) is 0 Å². The van der Waals surface area contributed by atoms with Crippen molar-refractivity contribution in [3.63, 3.8) is 0 Å². The predicted octanol–water partition coefficient (Wildman–Crippen LogP) is 2.76. The van der Waals surface area contributed by atoms with Crippen LogP contribution in [0.4, 0.5) is 4.39 Å². The lowest BCUT2D eigenvalue weighted by Crippen LogP contribution is -2.35. The number of halogens is 1. The van der Waals surface area contributed by atoms with Gasteiger partial charge in [0.1, 0.15) is 17.7 Å². The minimum atomic E-state index is -0.185. The average Bonchev–Trinajstić information content (AvgIpc) is 2.57. The van der Waals surface area contributed by atoms with Gasteiger partial charge in [-0.05, 0) is 23.6 Å². The lowest BCUT2D eigenvalue weighted by molar-refractivity contribution is 0.220. The van der Waals surface area contributed by atoms with Crippen molar-refractivity contribution in [3.8, 4) is 5.75 Å². The molecule has 0 aliphatic carbocycles. The first kappa shape index (κ1) is 12.4. The van der Waals surface area contributed by atoms with Gasteiger partial charge in [0.2, 0.25) is 0 Å². The molecule has 94 valence electrons. The van der Waals surface area contributed by atoms with Gasteiger partial charge in [0.15, 0.2) is 0 Å². The molecule has 2 rings (SSSR count). The van der Waals surface area contributed by atoms with Crippen molar-refractivity contribution in [1.29, 1.82) is 0 Å². The molecule has 0 saturated heterocycles. The summed E-state index contributed by atoms with van der Waals surface area (Å²) in [6.07, 6.45) is 0.929. The summed E-state index contributed by atoms with van der Waals surface area (Å²) in [6, 6.07) is 4.73. The molecule has 0 bridgehead atoms. The van der Waals surface area contributed by atoms with Gasteiger partial charge in [-0.25, -0.2) is 4.39 Å². The van der Waals surface area contributed by atoms with E-state index in [1.165, 1.54) is 6.07 Å². The third-order valence-electron chi connectivity index (χ3n) is 2.79. The summed E-state index contributed by atoms with van der Waals surface area (Å²) in [6.45, 7) is 8.35. The second-order valence-electron chi connectivity index (χ2n) is 5.89. The van der Waals surface area contributed by atoms with E-state index < -0.39 is 0 Å². The van der Waals surface area contributed by atoms with Crippen LogP contribution in [0.1, 0.15) is 26.3 Å². The summed E-state index contributed by atoms with van der Waals surface area (Å²) in [5.74, 6) is 0.643. The number of benzene rings is 1. The van der Waals surface area contributed by atoms with Crippen molar-refractivity contribution in [2.75, 3.05) is 13.1 Å². The molecule has 1 aliphatic rings. The Hall–Kier alpha value is -1.09. The first-order chi connectivity index (χ1) is 7.94. The monoisotopic (exact) mass is 237 g/mol. The van der Waals surface area contributed by atoms with Crippen LogP contribution in [0.15, 0.2) is 18.2 Å². The zero-order chi connectivity index (χ0) is 12.5. The van der Waals surface area contributed by atoms with E-state index in [0.717, 1.165) is 30.8 Å². The van der Waals surface area contributed by atoms with Crippen molar-refractivity contribution in [1.82, 2.24) is 5.32 Å². The lowest BCUT2D eigenvalue weighted by Gasteiger charge is -2.20. The quantitative estimate of drug-likeness (QED) is 0.872. The van der Waals surface area contributed by atoms with Gasteiger partial charge in [-0.1, -0.05) is 20.8 Å². The molecule has 0 aromatic heterocycles. The van der Waals surface area contributed by atoms with Crippen LogP contribution in [-0.4, -0.2) is 19.2 Å². The van der Waals surface area contributed by atoms with E-state index in [9.17, 15) is 4.39 Å². The molecular weight excluding hydrogens is 217 g/mol. The Labute approximate surface area is 102 Å². The second kappa shape index (κ2) is 4.65. The van der Waals surface area contributed by atoms with Crippen molar-refractivity contribution in [3.05, 3.63) is 29.6 Å². The minimum absolute atomic E-state index is 0.133. The van der Waals surface area contributed by atoms with E-state index in [2.05, 4.69) is 26.1 Å². The Morgan fingerprint density at radius 1 is 1.41 bits per heavy atom. The largest absolute Gasteiger partial charge is 0.488 e. The maximum Gasteiger partial charge on any atom is 0.123 e. The zero-order valence-electron chi connectivity index (χ0n) is 10.7. The molecule has 1 heterocycles. The highest BCUT2D eigenvalue weighted by molar-refractivity contribution is 5.37. The number of hydrogen-bond donors (Lipinski definition) is 1. The molecule has 0 spiro atoms. The number of ether oxygens (including phenoxy) is 1. The van der Waals surface area contributed by atoms with E-state index in [-0.39, 0.29) is 17.3 Å². The fourth-order valence-electron chi connectivity index (χ4n) is 2.01. The number of fused-ring (bicyclic) bond motifs is 1. The van der Waals surface area contributed by atoms with Crippen molar-refractivity contribution >= 4 is 0 Å². The van der Waals surface area contributed by atoms with Crippen LogP contribution in [0.3, 0.4) is 0 Å². The van der Waals surface area contributed by atoms with Gasteiger partial charge in [-0.2, -0.15) is 0 Å². The fourth-order valence-corrected chi connectivity index (χ4v) is 2.01. The van der Waals surface area contributed by atoms with Crippen molar-refractivity contribution < 1.29 is 9.13 Å². The van der Waals surface area contributed by atoms with E-state index in [1.807, 2.05) is 0 Å². The van der Waals surface area contributed by atoms with Crippen molar-refractivity contribution in [2.45, 2.75) is 33.3 Å². The zero-order valence-corrected chi connectivity index (χ0v) is 10.7. The van der Waals surface area contributed by atoms with Crippen LogP contribution < -0.4 is 10.1 Å². The summed E-state index contributed by atoms with van der Waals surface area (Å²) in [5, 5.41) is 3.40. The summed E-state index contributed by atoms with van der Waals surface area (Å²) >= 11 is 0. The Morgan fingerprint density at radius 2 is 2.18 bits per heavy atom. The Balaban J connectivity index is 1.84. The number of hydrogen-bond acceptors (Lipinski definition) is 2. The second-order valence-corrected chi connectivity index (χ2v) is 5.89. The summed E-state index contributed by atoms with van der Waals surface area (Å²) in [4.78, 5) is 0. The molecule has 0 amide bonds. The normalized spacial score (nSPS) is 18.9. The highest BCUT2D eigenvalue weighted by Crippen LogP contribution is 2.28. The van der Waals surface area contributed by atoms with Gasteiger partial charge < -0.3 is 10.1 Å². The van der Waals surface area contributed by atoms with Crippen LogP contribution >= 0.6 is 0 Å². The lowest BCUT2D eigenvalue weighted by atomic mass is 9.97. The third-order valence-corrected chi connectivity index (χ3v) is 2.79. The molecule has 1 aromatic carbocycles. The highest BCUT2D eigenvalue weighted by Gasteiger charge is 2.23.